The van der Waals surface area contributed by atoms with Crippen LogP contribution in [0.15, 0.2) is 60.9 Å². The molecular weight excluding hydrogens is 561 g/mol. The third-order valence-corrected chi connectivity index (χ3v) is 7.85. The van der Waals surface area contributed by atoms with Gasteiger partial charge in [0.2, 0.25) is 5.95 Å². The topological polar surface area (TPSA) is 96.8 Å². The van der Waals surface area contributed by atoms with Gasteiger partial charge in [-0.05, 0) is 49.2 Å². The number of alkyl halides is 1. The number of hydrogen-bond donors (Lipinski definition) is 2. The third-order valence-electron chi connectivity index (χ3n) is 7.85. The summed E-state index contributed by atoms with van der Waals surface area (Å²) in [4.78, 5) is 26.7. The second-order valence-electron chi connectivity index (χ2n) is 10.7. The summed E-state index contributed by atoms with van der Waals surface area (Å²) in [6, 6.07) is 15.4. The Kier molecular flexibility index (Phi) is 9.96. The lowest BCUT2D eigenvalue weighted by Gasteiger charge is -2.34. The van der Waals surface area contributed by atoms with E-state index in [9.17, 15) is 9.18 Å². The molecule has 1 saturated heterocycles. The van der Waals surface area contributed by atoms with Gasteiger partial charge < -0.3 is 29.2 Å². The minimum Gasteiger partial charge on any atom is -0.494 e. The molecule has 0 radical (unpaired) electrons. The highest BCUT2D eigenvalue weighted by atomic mass is 19.1. The molecule has 0 bridgehead atoms. The Bertz CT molecular complexity index is 1560. The number of amides is 1. The fourth-order valence-electron chi connectivity index (χ4n) is 5.40. The van der Waals surface area contributed by atoms with E-state index in [4.69, 9.17) is 9.47 Å². The Morgan fingerprint density at radius 3 is 2.45 bits per heavy atom. The number of halogens is 1. The molecule has 1 fully saturated rings. The Hall–Kier alpha value is -4.64. The molecule has 3 heterocycles. The van der Waals surface area contributed by atoms with Crippen molar-refractivity contribution in [3.63, 3.8) is 0 Å². The van der Waals surface area contributed by atoms with Crippen LogP contribution in [0.4, 0.5) is 32.2 Å². The molecule has 0 aliphatic carbocycles. The Labute approximate surface area is 257 Å². The van der Waals surface area contributed by atoms with E-state index in [1.807, 2.05) is 44.2 Å². The van der Waals surface area contributed by atoms with Crippen LogP contribution in [0.25, 0.3) is 11.4 Å². The van der Waals surface area contributed by atoms with Crippen molar-refractivity contribution in [1.29, 1.82) is 0 Å². The zero-order chi connectivity index (χ0) is 31.1. The Balaban J connectivity index is 1.34. The molecule has 4 aromatic rings. The molecule has 0 spiro atoms. The van der Waals surface area contributed by atoms with Crippen molar-refractivity contribution in [2.75, 3.05) is 62.5 Å². The SMILES string of the molecule is CCc1cccc(CC)c1NC(=O)Oc1cc(-c2ccnc(Nc3ccc(N4CCN(C)CC4)cc3OC)n2)n(CCF)c1. The molecule has 232 valence electrons. The van der Waals surface area contributed by atoms with Crippen LogP contribution in [0.2, 0.25) is 0 Å². The van der Waals surface area contributed by atoms with Gasteiger partial charge in [-0.2, -0.15) is 0 Å². The Morgan fingerprint density at radius 2 is 1.77 bits per heavy atom. The van der Waals surface area contributed by atoms with Crippen molar-refractivity contribution in [3.05, 3.63) is 72.1 Å². The number of anilines is 4. The zero-order valence-electron chi connectivity index (χ0n) is 25.8. The van der Waals surface area contributed by atoms with E-state index in [1.54, 1.807) is 36.2 Å². The monoisotopic (exact) mass is 601 g/mol. The smallest absolute Gasteiger partial charge is 0.417 e. The number of para-hydroxylation sites is 1. The molecule has 2 aromatic carbocycles. The summed E-state index contributed by atoms with van der Waals surface area (Å²) in [6.45, 7) is 7.49. The van der Waals surface area contributed by atoms with Gasteiger partial charge in [-0.15, -0.1) is 0 Å². The summed E-state index contributed by atoms with van der Waals surface area (Å²) in [5, 5.41) is 6.16. The van der Waals surface area contributed by atoms with Crippen molar-refractivity contribution in [3.8, 4) is 22.9 Å². The largest absolute Gasteiger partial charge is 0.494 e. The lowest BCUT2D eigenvalue weighted by atomic mass is 10.0. The van der Waals surface area contributed by atoms with Gasteiger partial charge in [0.05, 0.1) is 36.4 Å². The van der Waals surface area contributed by atoms with E-state index in [0.717, 1.165) is 67.2 Å². The number of carbonyl (C=O) groups is 1. The summed E-state index contributed by atoms with van der Waals surface area (Å²) in [7, 11) is 3.77. The summed E-state index contributed by atoms with van der Waals surface area (Å²) in [6.07, 6.45) is 4.18. The van der Waals surface area contributed by atoms with Crippen molar-refractivity contribution in [1.82, 2.24) is 19.4 Å². The number of methoxy groups -OCH3 is 1. The Morgan fingerprint density at radius 1 is 1.02 bits per heavy atom. The normalized spacial score (nSPS) is 13.5. The van der Waals surface area contributed by atoms with Crippen molar-refractivity contribution >= 4 is 29.1 Å². The first-order valence-corrected chi connectivity index (χ1v) is 15.0. The van der Waals surface area contributed by atoms with Gasteiger partial charge in [0.1, 0.15) is 12.4 Å². The molecule has 11 heteroatoms. The average molecular weight is 602 g/mol. The van der Waals surface area contributed by atoms with Gasteiger partial charge in [-0.3, -0.25) is 5.32 Å². The minimum absolute atomic E-state index is 0.0767. The molecule has 10 nitrogen and oxygen atoms in total. The van der Waals surface area contributed by atoms with Gasteiger partial charge in [0, 0.05) is 56.4 Å². The third kappa shape index (κ3) is 7.11. The van der Waals surface area contributed by atoms with Crippen LogP contribution in [0, 0.1) is 0 Å². The number of hydrogen-bond acceptors (Lipinski definition) is 8. The molecule has 1 aliphatic heterocycles. The number of aromatic nitrogens is 3. The fourth-order valence-corrected chi connectivity index (χ4v) is 5.40. The maximum Gasteiger partial charge on any atom is 0.417 e. The van der Waals surface area contributed by atoms with Gasteiger partial charge >= 0.3 is 6.09 Å². The number of piperazine rings is 1. The first kappa shape index (κ1) is 30.8. The fraction of sp³-hybridized carbons (Fsp3) is 0.364. The highest BCUT2D eigenvalue weighted by molar-refractivity contribution is 5.88. The van der Waals surface area contributed by atoms with Gasteiger partial charge in [-0.25, -0.2) is 19.2 Å². The first-order valence-electron chi connectivity index (χ1n) is 15.0. The van der Waals surface area contributed by atoms with Crippen molar-refractivity contribution in [2.45, 2.75) is 33.2 Å². The van der Waals surface area contributed by atoms with E-state index in [-0.39, 0.29) is 12.3 Å². The van der Waals surface area contributed by atoms with Crippen LogP contribution in [-0.4, -0.2) is 72.5 Å². The maximum atomic E-state index is 13.5. The van der Waals surface area contributed by atoms with Crippen LogP contribution < -0.4 is 25.0 Å². The molecule has 44 heavy (non-hydrogen) atoms. The van der Waals surface area contributed by atoms with Crippen LogP contribution >= 0.6 is 0 Å². The number of carbonyl (C=O) groups excluding carboxylic acids is 1. The average Bonchev–Trinajstić information content (AvgIpc) is 3.43. The second kappa shape index (κ2) is 14.2. The molecular formula is C33H40FN7O3. The predicted molar refractivity (Wildman–Crippen MR) is 172 cm³/mol. The van der Waals surface area contributed by atoms with E-state index in [0.29, 0.717) is 23.1 Å². The number of aryl methyl sites for hydroxylation is 3. The highest BCUT2D eigenvalue weighted by Gasteiger charge is 2.18. The lowest BCUT2D eigenvalue weighted by molar-refractivity contribution is 0.215. The van der Waals surface area contributed by atoms with Gasteiger partial charge in [0.25, 0.3) is 0 Å². The van der Waals surface area contributed by atoms with Gasteiger partial charge in [0.15, 0.2) is 5.75 Å². The first-order chi connectivity index (χ1) is 21.4. The second-order valence-corrected chi connectivity index (χ2v) is 10.7. The molecule has 2 aromatic heterocycles. The standard InChI is InChI=1S/C33H40FN7O3/c1-5-23-8-7-9-24(6-2)31(23)38-33(42)44-26-21-29(41(22-26)15-13-34)27-12-14-35-32(36-27)37-28-11-10-25(20-30(28)43-4)40-18-16-39(3)17-19-40/h7-12,14,20-22H,5-6,13,15-19H2,1-4H3,(H,38,42)(H,35,36,37). The number of nitrogens with one attached hydrogen (secondary N) is 2. The molecule has 0 atom stereocenters. The van der Waals surface area contributed by atoms with E-state index >= 15 is 0 Å². The van der Waals surface area contributed by atoms with Crippen LogP contribution in [0.3, 0.4) is 0 Å². The molecule has 0 unspecified atom stereocenters. The summed E-state index contributed by atoms with van der Waals surface area (Å²) in [5.41, 5.74) is 5.79. The highest BCUT2D eigenvalue weighted by Crippen LogP contribution is 2.33. The number of benzene rings is 2. The maximum absolute atomic E-state index is 13.5. The van der Waals surface area contributed by atoms with E-state index in [1.165, 1.54) is 0 Å². The van der Waals surface area contributed by atoms with E-state index in [2.05, 4.69) is 43.5 Å². The van der Waals surface area contributed by atoms with Crippen molar-refractivity contribution in [2.24, 2.45) is 0 Å². The molecule has 2 N–H and O–H groups in total. The van der Waals surface area contributed by atoms with Crippen LogP contribution in [-0.2, 0) is 19.4 Å². The zero-order valence-corrected chi connectivity index (χ0v) is 25.8. The van der Waals surface area contributed by atoms with Gasteiger partial charge in [-0.1, -0.05) is 32.0 Å². The number of nitrogens with zero attached hydrogens (tertiary/aromatic N) is 5. The number of rotatable bonds is 11. The lowest BCUT2D eigenvalue weighted by Crippen LogP contribution is -2.44. The number of ether oxygens (including phenoxy) is 2. The summed E-state index contributed by atoms with van der Waals surface area (Å²) >= 11 is 0. The predicted octanol–water partition coefficient (Wildman–Crippen LogP) is 6.15. The van der Waals surface area contributed by atoms with Crippen molar-refractivity contribution < 1.29 is 18.7 Å². The molecule has 0 saturated carbocycles. The molecule has 1 amide bonds. The van der Waals surface area contributed by atoms with Crippen LogP contribution in [0.1, 0.15) is 25.0 Å². The molecule has 1 aliphatic rings. The summed E-state index contributed by atoms with van der Waals surface area (Å²) < 4.78 is 26.6. The van der Waals surface area contributed by atoms with E-state index < -0.39 is 12.8 Å². The number of likely N-dealkylation sites (N-methyl/N-ethyl adjacent to an activating group) is 1. The van der Waals surface area contributed by atoms with Crippen LogP contribution in [0.5, 0.6) is 11.5 Å². The molecule has 5 rings (SSSR count). The minimum atomic E-state index is -0.610. The quantitative estimate of drug-likeness (QED) is 0.211. The summed E-state index contributed by atoms with van der Waals surface area (Å²) in [5.74, 6) is 1.31.